The van der Waals surface area contributed by atoms with Crippen molar-refractivity contribution in [1.82, 2.24) is 20.6 Å². The Bertz CT molecular complexity index is 1290. The number of aliphatic carboxylic acids is 1. The minimum Gasteiger partial charge on any atom is -0.478 e. The monoisotopic (exact) mass is 516 g/mol. The van der Waals surface area contributed by atoms with E-state index in [9.17, 15) is 28.7 Å². The van der Waals surface area contributed by atoms with Crippen LogP contribution in [0, 0.1) is 5.82 Å². The number of carboxylic acid groups (broad SMARTS) is 1. The van der Waals surface area contributed by atoms with Crippen molar-refractivity contribution in [3.05, 3.63) is 76.3 Å². The zero-order chi connectivity index (χ0) is 26.4. The number of Topliss-reactive ketones (excluding diaryl/α,β-unsaturated/α-hetero) is 1. The maximum absolute atomic E-state index is 14.2. The molecule has 0 radical (unpaired) electrons. The summed E-state index contributed by atoms with van der Waals surface area (Å²) in [5.74, 6) is -3.70. The van der Waals surface area contributed by atoms with E-state index in [4.69, 9.17) is 16.3 Å². The van der Waals surface area contributed by atoms with E-state index in [0.29, 0.717) is 21.7 Å². The number of halogens is 2. The van der Waals surface area contributed by atoms with Crippen LogP contribution in [0.5, 0.6) is 0 Å². The number of hydrogen-bond acceptors (Lipinski definition) is 7. The molecule has 188 valence electrons. The Morgan fingerprint density at radius 3 is 2.42 bits per heavy atom. The molecule has 2 aromatic carbocycles. The number of nitrogens with one attached hydrogen (secondary N) is 2. The summed E-state index contributed by atoms with van der Waals surface area (Å²) in [5, 5.41) is 17.3. The van der Waals surface area contributed by atoms with E-state index in [1.165, 1.54) is 36.2 Å². The van der Waals surface area contributed by atoms with Crippen LogP contribution in [-0.4, -0.2) is 56.6 Å². The fraction of sp³-hybridized carbons (Fsp3) is 0.208. The molecule has 3 rings (SSSR count). The van der Waals surface area contributed by atoms with Gasteiger partial charge in [-0.25, -0.2) is 14.2 Å². The van der Waals surface area contributed by atoms with E-state index in [1.807, 2.05) is 0 Å². The number of carbonyl (C=O) groups is 4. The number of esters is 1. The first-order chi connectivity index (χ1) is 17.0. The van der Waals surface area contributed by atoms with Gasteiger partial charge in [-0.3, -0.25) is 24.9 Å². The zero-order valence-electron chi connectivity index (χ0n) is 19.2. The van der Waals surface area contributed by atoms with Gasteiger partial charge in [0.2, 0.25) is 6.10 Å². The first-order valence-electron chi connectivity index (χ1n) is 10.6. The molecule has 0 fully saturated rings. The van der Waals surface area contributed by atoms with Gasteiger partial charge in [0, 0.05) is 31.0 Å². The quantitative estimate of drug-likeness (QED) is 0.212. The molecule has 10 nitrogen and oxygen atoms in total. The number of benzene rings is 2. The molecule has 12 heteroatoms. The van der Waals surface area contributed by atoms with Gasteiger partial charge in [-0.05, 0) is 35.4 Å². The van der Waals surface area contributed by atoms with Crippen LogP contribution in [0.1, 0.15) is 40.4 Å². The lowest BCUT2D eigenvalue weighted by molar-refractivity contribution is -0.164. The first-order valence-corrected chi connectivity index (χ1v) is 11.0. The molecule has 0 aliphatic carbocycles. The SMILES string of the molecule is CC(=O)O[C@H](CN(Cc1ccc(-c2cc(Cl)ccc2F)cc1)NC(=O)c1cc(C(C)=O)n[nH]1)C(=O)O. The highest BCUT2D eigenvalue weighted by Gasteiger charge is 2.26. The summed E-state index contributed by atoms with van der Waals surface area (Å²) in [7, 11) is 0. The smallest absolute Gasteiger partial charge is 0.346 e. The fourth-order valence-corrected chi connectivity index (χ4v) is 3.44. The normalized spacial score (nSPS) is 11.7. The van der Waals surface area contributed by atoms with Crippen molar-refractivity contribution in [2.45, 2.75) is 26.5 Å². The van der Waals surface area contributed by atoms with Crippen molar-refractivity contribution in [2.75, 3.05) is 6.54 Å². The maximum Gasteiger partial charge on any atom is 0.346 e. The molecular formula is C24H22ClFN4O6. The average molecular weight is 517 g/mol. The number of aromatic amines is 1. The first kappa shape index (κ1) is 26.5. The molecule has 3 aromatic rings. The second-order valence-corrected chi connectivity index (χ2v) is 8.24. The van der Waals surface area contributed by atoms with E-state index in [0.717, 1.165) is 6.92 Å². The molecule has 1 heterocycles. The number of hydrogen-bond donors (Lipinski definition) is 3. The second kappa shape index (κ2) is 11.6. The van der Waals surface area contributed by atoms with E-state index in [-0.39, 0.29) is 30.3 Å². The van der Waals surface area contributed by atoms with E-state index >= 15 is 0 Å². The summed E-state index contributed by atoms with van der Waals surface area (Å²) in [4.78, 5) is 47.1. The van der Waals surface area contributed by atoms with Gasteiger partial charge in [0.25, 0.3) is 5.91 Å². The predicted molar refractivity (Wildman–Crippen MR) is 127 cm³/mol. The number of ether oxygens (including phenoxy) is 1. The van der Waals surface area contributed by atoms with Crippen LogP contribution >= 0.6 is 11.6 Å². The highest BCUT2D eigenvalue weighted by Crippen LogP contribution is 2.26. The summed E-state index contributed by atoms with van der Waals surface area (Å²) < 4.78 is 19.1. The van der Waals surface area contributed by atoms with Crippen LogP contribution in [-0.2, 0) is 20.9 Å². The Labute approximate surface area is 210 Å². The summed E-state index contributed by atoms with van der Waals surface area (Å²) in [5.41, 5.74) is 4.05. The highest BCUT2D eigenvalue weighted by molar-refractivity contribution is 6.30. The number of amides is 1. The number of aromatic nitrogens is 2. The van der Waals surface area contributed by atoms with E-state index in [1.54, 1.807) is 24.3 Å². The van der Waals surface area contributed by atoms with Crippen molar-refractivity contribution < 1.29 is 33.4 Å². The Balaban J connectivity index is 1.83. The minimum atomic E-state index is -1.57. The summed E-state index contributed by atoms with van der Waals surface area (Å²) in [6.07, 6.45) is -1.57. The molecule has 0 aliphatic heterocycles. The average Bonchev–Trinajstić information content (AvgIpc) is 3.31. The molecule has 1 atom stereocenters. The maximum atomic E-state index is 14.2. The molecule has 0 aliphatic rings. The molecule has 3 N–H and O–H groups in total. The lowest BCUT2D eigenvalue weighted by Gasteiger charge is -2.26. The van der Waals surface area contributed by atoms with Crippen LogP contribution in [0.3, 0.4) is 0 Å². The number of H-pyrrole nitrogens is 1. The highest BCUT2D eigenvalue weighted by atomic mass is 35.5. The van der Waals surface area contributed by atoms with Crippen molar-refractivity contribution in [3.8, 4) is 11.1 Å². The number of carbonyl (C=O) groups excluding carboxylic acids is 3. The largest absolute Gasteiger partial charge is 0.478 e. The van der Waals surface area contributed by atoms with Gasteiger partial charge in [-0.15, -0.1) is 0 Å². The third kappa shape index (κ3) is 6.96. The van der Waals surface area contributed by atoms with Crippen LogP contribution in [0.25, 0.3) is 11.1 Å². The van der Waals surface area contributed by atoms with Crippen LogP contribution in [0.2, 0.25) is 5.02 Å². The van der Waals surface area contributed by atoms with Gasteiger partial charge in [0.1, 0.15) is 17.2 Å². The van der Waals surface area contributed by atoms with Gasteiger partial charge >= 0.3 is 11.9 Å². The summed E-state index contributed by atoms with van der Waals surface area (Å²) >= 11 is 5.97. The molecule has 0 bridgehead atoms. The molecular weight excluding hydrogens is 495 g/mol. The van der Waals surface area contributed by atoms with Gasteiger partial charge in [-0.2, -0.15) is 5.10 Å². The van der Waals surface area contributed by atoms with Crippen molar-refractivity contribution in [3.63, 3.8) is 0 Å². The number of nitrogens with zero attached hydrogens (tertiary/aromatic N) is 2. The predicted octanol–water partition coefficient (Wildman–Crippen LogP) is 3.24. The third-order valence-electron chi connectivity index (χ3n) is 4.98. The van der Waals surface area contributed by atoms with Gasteiger partial charge in [0.05, 0.1) is 6.54 Å². The topological polar surface area (TPSA) is 142 Å². The van der Waals surface area contributed by atoms with Gasteiger partial charge in [-0.1, -0.05) is 35.9 Å². The number of ketones is 1. The molecule has 1 aromatic heterocycles. The Morgan fingerprint density at radius 2 is 1.83 bits per heavy atom. The summed E-state index contributed by atoms with van der Waals surface area (Å²) in [6.45, 7) is 1.97. The van der Waals surface area contributed by atoms with E-state index in [2.05, 4.69) is 15.6 Å². The van der Waals surface area contributed by atoms with E-state index < -0.39 is 29.8 Å². The Hall–Kier alpha value is -4.09. The lowest BCUT2D eigenvalue weighted by Crippen LogP contribution is -2.48. The number of carboxylic acids is 1. The Kier molecular flexibility index (Phi) is 8.51. The van der Waals surface area contributed by atoms with Gasteiger partial charge in [0.15, 0.2) is 5.78 Å². The molecule has 0 unspecified atom stereocenters. The number of hydrazine groups is 1. The van der Waals surface area contributed by atoms with Crippen molar-refractivity contribution >= 4 is 35.2 Å². The summed E-state index contributed by atoms with van der Waals surface area (Å²) in [6, 6.07) is 12.1. The van der Waals surface area contributed by atoms with Crippen molar-refractivity contribution in [1.29, 1.82) is 0 Å². The van der Waals surface area contributed by atoms with Gasteiger partial charge < -0.3 is 9.84 Å². The molecule has 0 saturated heterocycles. The van der Waals surface area contributed by atoms with Crippen LogP contribution in [0.15, 0.2) is 48.5 Å². The molecule has 0 saturated carbocycles. The lowest BCUT2D eigenvalue weighted by atomic mass is 10.0. The van der Waals surface area contributed by atoms with Crippen LogP contribution in [0.4, 0.5) is 4.39 Å². The molecule has 0 spiro atoms. The third-order valence-corrected chi connectivity index (χ3v) is 5.21. The minimum absolute atomic E-state index is 0.00277. The second-order valence-electron chi connectivity index (χ2n) is 7.80. The fourth-order valence-electron chi connectivity index (χ4n) is 3.27. The van der Waals surface area contributed by atoms with Crippen molar-refractivity contribution in [2.24, 2.45) is 0 Å². The molecule has 1 amide bonds. The standard InChI is InChI=1S/C24H22ClFN4O6/c1-13(31)20-10-21(28-27-20)23(33)29-30(12-22(24(34)35)36-14(2)32)11-15-3-5-16(6-4-15)18-9-17(25)7-8-19(18)26/h3-10,22H,11-12H2,1-2H3,(H,27,28)(H,29,33)(H,34,35)/t22-/m1/s1. The zero-order valence-corrected chi connectivity index (χ0v) is 20.0. The Morgan fingerprint density at radius 1 is 1.14 bits per heavy atom. The number of rotatable bonds is 10. The van der Waals surface area contributed by atoms with Crippen LogP contribution < -0.4 is 5.43 Å². The molecule has 36 heavy (non-hydrogen) atoms.